The number of carbonyl (C=O) groups excluding carboxylic acids is 1. The number of hydrogen-bond donors (Lipinski definition) is 1. The van der Waals surface area contributed by atoms with Crippen LogP contribution in [0.15, 0.2) is 38.8 Å². The van der Waals surface area contributed by atoms with Gasteiger partial charge in [-0.05, 0) is 75.1 Å². The first kappa shape index (κ1) is 24.9. The molecule has 1 aliphatic rings. The van der Waals surface area contributed by atoms with E-state index in [2.05, 4.69) is 4.98 Å². The normalized spacial score (nSPS) is 15.1. The van der Waals surface area contributed by atoms with Crippen molar-refractivity contribution in [2.24, 2.45) is 0 Å². The molecule has 3 aromatic rings. The van der Waals surface area contributed by atoms with Gasteiger partial charge in [-0.1, -0.05) is 6.07 Å². The Kier molecular flexibility index (Phi) is 6.46. The van der Waals surface area contributed by atoms with Crippen molar-refractivity contribution in [3.8, 4) is 0 Å². The minimum Gasteiger partial charge on any atom is -0.336 e. The van der Waals surface area contributed by atoms with Crippen LogP contribution in [0.25, 0.3) is 11.0 Å². The number of aryl methyl sites for hydroxylation is 3. The Balaban J connectivity index is 1.57. The van der Waals surface area contributed by atoms with Gasteiger partial charge in [0.25, 0.3) is 5.91 Å². The molecular formula is C25H30N4O5S. The average molecular weight is 499 g/mol. The van der Waals surface area contributed by atoms with Gasteiger partial charge in [-0.25, -0.2) is 8.42 Å². The molecule has 1 amide bonds. The third-order valence-electron chi connectivity index (χ3n) is 6.96. The van der Waals surface area contributed by atoms with Crippen molar-refractivity contribution >= 4 is 27.0 Å². The maximum Gasteiger partial charge on any atom is 0.316 e. The zero-order valence-corrected chi connectivity index (χ0v) is 21.5. The number of piperazine rings is 1. The number of sulfonamides is 1. The first-order chi connectivity index (χ1) is 16.5. The molecule has 0 spiro atoms. The molecule has 2 aromatic carbocycles. The maximum absolute atomic E-state index is 13.5. The van der Waals surface area contributed by atoms with Crippen molar-refractivity contribution in [1.82, 2.24) is 18.8 Å². The lowest BCUT2D eigenvalue weighted by molar-refractivity contribution is 0.0698. The molecule has 1 aromatic heterocycles. The minimum atomic E-state index is -3.70. The summed E-state index contributed by atoms with van der Waals surface area (Å²) in [6.07, 6.45) is 0. The van der Waals surface area contributed by atoms with Crippen LogP contribution in [0.5, 0.6) is 0 Å². The monoisotopic (exact) mass is 498 g/mol. The molecule has 0 bridgehead atoms. The van der Waals surface area contributed by atoms with E-state index in [1.165, 1.54) is 8.87 Å². The summed E-state index contributed by atoms with van der Waals surface area (Å²) < 4.78 is 29.8. The molecule has 9 nitrogen and oxygen atoms in total. The Hall–Kier alpha value is -3.24. The second kappa shape index (κ2) is 9.09. The van der Waals surface area contributed by atoms with Crippen LogP contribution in [-0.2, 0) is 16.6 Å². The van der Waals surface area contributed by atoms with Gasteiger partial charge in [-0.2, -0.15) is 4.31 Å². The summed E-state index contributed by atoms with van der Waals surface area (Å²) in [5.74, 6) is -0.252. The van der Waals surface area contributed by atoms with E-state index in [0.29, 0.717) is 28.0 Å². The van der Waals surface area contributed by atoms with Crippen LogP contribution < -0.4 is 11.1 Å². The van der Waals surface area contributed by atoms with Crippen molar-refractivity contribution in [2.75, 3.05) is 26.2 Å². The first-order valence-electron chi connectivity index (χ1n) is 11.6. The molecule has 0 saturated carbocycles. The van der Waals surface area contributed by atoms with E-state index in [0.717, 1.165) is 22.3 Å². The van der Waals surface area contributed by atoms with Crippen molar-refractivity contribution in [3.05, 3.63) is 72.8 Å². The molecule has 2 heterocycles. The quantitative estimate of drug-likeness (QED) is 0.554. The Morgan fingerprint density at radius 3 is 2.11 bits per heavy atom. The Labute approximate surface area is 204 Å². The van der Waals surface area contributed by atoms with Gasteiger partial charge < -0.3 is 14.5 Å². The number of aromatic amines is 1. The van der Waals surface area contributed by atoms with E-state index in [4.69, 9.17) is 0 Å². The molecule has 4 rings (SSSR count). The van der Waals surface area contributed by atoms with Gasteiger partial charge in [-0.15, -0.1) is 0 Å². The molecule has 0 unspecified atom stereocenters. The number of H-pyrrole nitrogens is 1. The number of nitrogens with one attached hydrogen (secondary N) is 1. The minimum absolute atomic E-state index is 0.194. The summed E-state index contributed by atoms with van der Waals surface area (Å²) in [7, 11) is -3.70. The van der Waals surface area contributed by atoms with Crippen LogP contribution in [0.2, 0.25) is 0 Å². The fraction of sp³-hybridized carbons (Fsp3) is 0.400. The van der Waals surface area contributed by atoms with Crippen LogP contribution in [-0.4, -0.2) is 59.3 Å². The Morgan fingerprint density at radius 2 is 1.54 bits per heavy atom. The molecule has 1 saturated heterocycles. The highest BCUT2D eigenvalue weighted by Gasteiger charge is 2.33. The zero-order chi connectivity index (χ0) is 25.7. The predicted octanol–water partition coefficient (Wildman–Crippen LogP) is 2.09. The first-order valence-corrected chi connectivity index (χ1v) is 13.0. The summed E-state index contributed by atoms with van der Waals surface area (Å²) in [5, 5.41) is 0. The summed E-state index contributed by atoms with van der Waals surface area (Å²) in [6, 6.07) is 6.84. The molecule has 1 N–H and O–H groups in total. The number of hydrogen-bond acceptors (Lipinski definition) is 5. The molecular weight excluding hydrogens is 468 g/mol. The van der Waals surface area contributed by atoms with Crippen molar-refractivity contribution < 1.29 is 13.2 Å². The van der Waals surface area contributed by atoms with E-state index < -0.39 is 21.1 Å². The maximum atomic E-state index is 13.5. The number of amides is 1. The number of aromatic nitrogens is 2. The van der Waals surface area contributed by atoms with Crippen LogP contribution >= 0.6 is 0 Å². The Bertz CT molecular complexity index is 1540. The van der Waals surface area contributed by atoms with Crippen LogP contribution in [0.3, 0.4) is 0 Å². The Morgan fingerprint density at radius 1 is 0.943 bits per heavy atom. The van der Waals surface area contributed by atoms with Gasteiger partial charge in [0.1, 0.15) is 0 Å². The van der Waals surface area contributed by atoms with Gasteiger partial charge in [-0.3, -0.25) is 14.4 Å². The average Bonchev–Trinajstić information content (AvgIpc) is 2.83. The highest BCUT2D eigenvalue weighted by molar-refractivity contribution is 7.89. The standard InChI is InChI=1S/C25H30N4O5S/c1-6-29-21-8-7-19(14-20(21)26-23(30)25(29)32)24(31)27-9-11-28(12-10-27)35(33,34)22-17(4)15(2)13-16(3)18(22)5/h7-8,13-14H,6,9-12H2,1-5H3,(H,26,30). The van der Waals surface area contributed by atoms with Crippen molar-refractivity contribution in [2.45, 2.75) is 46.1 Å². The number of nitrogens with zero attached hydrogens (tertiary/aromatic N) is 3. The molecule has 1 fully saturated rings. The van der Waals surface area contributed by atoms with E-state index in [9.17, 15) is 22.8 Å². The van der Waals surface area contributed by atoms with Gasteiger partial charge in [0, 0.05) is 38.3 Å². The van der Waals surface area contributed by atoms with Gasteiger partial charge >= 0.3 is 11.1 Å². The number of rotatable bonds is 4. The summed E-state index contributed by atoms with van der Waals surface area (Å²) in [5.41, 5.74) is 3.32. The second-order valence-electron chi connectivity index (χ2n) is 9.02. The molecule has 0 atom stereocenters. The third-order valence-corrected chi connectivity index (χ3v) is 9.13. The van der Waals surface area contributed by atoms with Crippen molar-refractivity contribution in [1.29, 1.82) is 0 Å². The molecule has 1 aliphatic heterocycles. The molecule has 10 heteroatoms. The summed E-state index contributed by atoms with van der Waals surface area (Å²) in [6.45, 7) is 10.5. The number of benzene rings is 2. The van der Waals surface area contributed by atoms with E-state index in [-0.39, 0.29) is 32.1 Å². The fourth-order valence-corrected chi connectivity index (χ4v) is 6.74. The van der Waals surface area contributed by atoms with Crippen molar-refractivity contribution in [3.63, 3.8) is 0 Å². The SMILES string of the molecule is CCn1c(=O)c(=O)[nH]c2cc(C(=O)N3CCN(S(=O)(=O)c4c(C)c(C)cc(C)c4C)CC3)ccc21. The predicted molar refractivity (Wildman–Crippen MR) is 135 cm³/mol. The molecule has 186 valence electrons. The largest absolute Gasteiger partial charge is 0.336 e. The highest BCUT2D eigenvalue weighted by Crippen LogP contribution is 2.29. The van der Waals surface area contributed by atoms with Crippen LogP contribution in [0.1, 0.15) is 39.5 Å². The van der Waals surface area contributed by atoms with Gasteiger partial charge in [0.2, 0.25) is 10.0 Å². The second-order valence-corrected chi connectivity index (χ2v) is 10.9. The van der Waals surface area contributed by atoms with E-state index in [1.807, 2.05) is 33.8 Å². The van der Waals surface area contributed by atoms with E-state index >= 15 is 0 Å². The topological polar surface area (TPSA) is 113 Å². The smallest absolute Gasteiger partial charge is 0.316 e. The summed E-state index contributed by atoms with van der Waals surface area (Å²) >= 11 is 0. The van der Waals surface area contributed by atoms with Crippen LogP contribution in [0.4, 0.5) is 0 Å². The number of fused-ring (bicyclic) bond motifs is 1. The van der Waals surface area contributed by atoms with E-state index in [1.54, 1.807) is 30.0 Å². The highest BCUT2D eigenvalue weighted by atomic mass is 32.2. The fourth-order valence-electron chi connectivity index (χ4n) is 4.74. The van der Waals surface area contributed by atoms with Crippen LogP contribution in [0, 0.1) is 27.7 Å². The summed E-state index contributed by atoms with van der Waals surface area (Å²) in [4.78, 5) is 41.7. The lowest BCUT2D eigenvalue weighted by Crippen LogP contribution is -2.50. The zero-order valence-electron chi connectivity index (χ0n) is 20.6. The molecule has 35 heavy (non-hydrogen) atoms. The lowest BCUT2D eigenvalue weighted by Gasteiger charge is -2.35. The molecule has 0 radical (unpaired) electrons. The van der Waals surface area contributed by atoms with Gasteiger partial charge in [0.15, 0.2) is 0 Å². The number of carbonyl (C=O) groups is 1. The third kappa shape index (κ3) is 4.21. The van der Waals surface area contributed by atoms with Gasteiger partial charge in [0.05, 0.1) is 15.9 Å². The molecule has 0 aliphatic carbocycles. The lowest BCUT2D eigenvalue weighted by atomic mass is 10.0.